The van der Waals surface area contributed by atoms with Gasteiger partial charge in [-0.3, -0.25) is 4.90 Å². The van der Waals surface area contributed by atoms with E-state index in [1.54, 1.807) is 0 Å². The van der Waals surface area contributed by atoms with Crippen molar-refractivity contribution in [3.05, 3.63) is 0 Å². The molecule has 0 aliphatic carbocycles. The van der Waals surface area contributed by atoms with Crippen LogP contribution in [0.2, 0.25) is 0 Å². The Morgan fingerprint density at radius 2 is 2.50 bits per heavy atom. The van der Waals surface area contributed by atoms with Gasteiger partial charge in [0.15, 0.2) is 0 Å². The molecule has 2 aliphatic rings. The SMILES string of the molecule is O=C(O)CON=C1CCN2CCCC12. The Morgan fingerprint density at radius 3 is 3.29 bits per heavy atom. The van der Waals surface area contributed by atoms with E-state index in [4.69, 9.17) is 9.94 Å². The molecule has 5 heteroatoms. The van der Waals surface area contributed by atoms with Gasteiger partial charge >= 0.3 is 5.97 Å². The predicted molar refractivity (Wildman–Crippen MR) is 50.2 cm³/mol. The van der Waals surface area contributed by atoms with Crippen LogP contribution in [-0.2, 0) is 9.63 Å². The Bertz CT molecular complexity index is 265. The van der Waals surface area contributed by atoms with Crippen molar-refractivity contribution in [1.29, 1.82) is 0 Å². The Kier molecular flexibility index (Phi) is 2.67. The average Bonchev–Trinajstić information content (AvgIpc) is 2.67. The normalized spacial score (nSPS) is 29.4. The summed E-state index contributed by atoms with van der Waals surface area (Å²) in [5, 5.41) is 12.3. The molecule has 0 saturated carbocycles. The van der Waals surface area contributed by atoms with Gasteiger partial charge in [0.2, 0.25) is 6.61 Å². The number of nitrogens with zero attached hydrogens (tertiary/aromatic N) is 2. The highest BCUT2D eigenvalue weighted by Gasteiger charge is 2.34. The van der Waals surface area contributed by atoms with E-state index in [-0.39, 0.29) is 6.61 Å². The maximum atomic E-state index is 10.2. The Balaban J connectivity index is 1.88. The first-order chi connectivity index (χ1) is 6.77. The third kappa shape index (κ3) is 1.87. The monoisotopic (exact) mass is 198 g/mol. The summed E-state index contributed by atoms with van der Waals surface area (Å²) in [6.07, 6.45) is 3.27. The average molecular weight is 198 g/mol. The highest BCUT2D eigenvalue weighted by molar-refractivity contribution is 5.91. The van der Waals surface area contributed by atoms with Crippen LogP contribution in [0.3, 0.4) is 0 Å². The fourth-order valence-electron chi connectivity index (χ4n) is 2.17. The molecule has 14 heavy (non-hydrogen) atoms. The van der Waals surface area contributed by atoms with Crippen LogP contribution < -0.4 is 0 Å². The minimum Gasteiger partial charge on any atom is -0.479 e. The van der Waals surface area contributed by atoms with E-state index in [0.29, 0.717) is 6.04 Å². The van der Waals surface area contributed by atoms with Crippen LogP contribution in [0, 0.1) is 0 Å². The van der Waals surface area contributed by atoms with Gasteiger partial charge in [-0.15, -0.1) is 0 Å². The summed E-state index contributed by atoms with van der Waals surface area (Å²) >= 11 is 0. The van der Waals surface area contributed by atoms with E-state index in [9.17, 15) is 4.79 Å². The van der Waals surface area contributed by atoms with Gasteiger partial charge in [-0.1, -0.05) is 5.16 Å². The minimum atomic E-state index is -0.976. The molecule has 2 heterocycles. The van der Waals surface area contributed by atoms with Crippen LogP contribution in [0.1, 0.15) is 19.3 Å². The first kappa shape index (κ1) is 9.45. The molecule has 2 fully saturated rings. The summed E-state index contributed by atoms with van der Waals surface area (Å²) in [5.74, 6) is -0.976. The van der Waals surface area contributed by atoms with Gasteiger partial charge < -0.3 is 9.94 Å². The van der Waals surface area contributed by atoms with Gasteiger partial charge in [-0.25, -0.2) is 4.79 Å². The fourth-order valence-corrected chi connectivity index (χ4v) is 2.17. The molecule has 1 N–H and O–H groups in total. The Hall–Kier alpha value is -1.10. The van der Waals surface area contributed by atoms with Crippen molar-refractivity contribution in [2.45, 2.75) is 25.3 Å². The highest BCUT2D eigenvalue weighted by atomic mass is 16.6. The van der Waals surface area contributed by atoms with Gasteiger partial charge in [0.25, 0.3) is 0 Å². The van der Waals surface area contributed by atoms with E-state index >= 15 is 0 Å². The van der Waals surface area contributed by atoms with Crippen LogP contribution in [0.4, 0.5) is 0 Å². The van der Waals surface area contributed by atoms with Crippen molar-refractivity contribution in [3.8, 4) is 0 Å². The van der Waals surface area contributed by atoms with Gasteiger partial charge in [-0.05, 0) is 19.4 Å². The molecule has 0 bridgehead atoms. The summed E-state index contributed by atoms with van der Waals surface area (Å²) in [6.45, 7) is 1.85. The van der Waals surface area contributed by atoms with Crippen molar-refractivity contribution in [1.82, 2.24) is 4.90 Å². The molecule has 78 valence electrons. The van der Waals surface area contributed by atoms with Crippen molar-refractivity contribution < 1.29 is 14.7 Å². The number of carboxylic acid groups (broad SMARTS) is 1. The molecule has 0 aromatic heterocycles. The number of oxime groups is 1. The van der Waals surface area contributed by atoms with E-state index in [1.165, 1.54) is 6.42 Å². The summed E-state index contributed by atoms with van der Waals surface area (Å²) < 4.78 is 0. The molecule has 2 aliphatic heterocycles. The first-order valence-corrected chi connectivity index (χ1v) is 4.92. The molecule has 5 nitrogen and oxygen atoms in total. The maximum absolute atomic E-state index is 10.2. The van der Waals surface area contributed by atoms with Crippen LogP contribution >= 0.6 is 0 Å². The smallest absolute Gasteiger partial charge is 0.344 e. The largest absolute Gasteiger partial charge is 0.479 e. The quantitative estimate of drug-likeness (QED) is 0.663. The third-order valence-corrected chi connectivity index (χ3v) is 2.77. The number of carbonyl (C=O) groups is 1. The van der Waals surface area contributed by atoms with Crippen LogP contribution in [0.15, 0.2) is 5.16 Å². The number of carboxylic acids is 1. The second kappa shape index (κ2) is 3.96. The molecule has 0 amide bonds. The summed E-state index contributed by atoms with van der Waals surface area (Å²) in [5.41, 5.74) is 1.02. The topological polar surface area (TPSA) is 62.1 Å². The molecule has 0 aromatic rings. The van der Waals surface area contributed by atoms with E-state index in [0.717, 1.165) is 31.6 Å². The molecule has 0 aromatic carbocycles. The Morgan fingerprint density at radius 1 is 1.64 bits per heavy atom. The van der Waals surface area contributed by atoms with E-state index in [1.807, 2.05) is 0 Å². The molecule has 0 radical (unpaired) electrons. The molecule has 1 atom stereocenters. The lowest BCUT2D eigenvalue weighted by Crippen LogP contribution is -2.26. The molecule has 1 unspecified atom stereocenters. The third-order valence-electron chi connectivity index (χ3n) is 2.77. The maximum Gasteiger partial charge on any atom is 0.344 e. The molecular weight excluding hydrogens is 184 g/mol. The lowest BCUT2D eigenvalue weighted by atomic mass is 10.1. The van der Waals surface area contributed by atoms with E-state index in [2.05, 4.69) is 10.1 Å². The lowest BCUT2D eigenvalue weighted by Gasteiger charge is -2.12. The van der Waals surface area contributed by atoms with Crippen LogP contribution in [0.5, 0.6) is 0 Å². The zero-order valence-corrected chi connectivity index (χ0v) is 7.98. The van der Waals surface area contributed by atoms with Gasteiger partial charge in [0.1, 0.15) is 0 Å². The van der Waals surface area contributed by atoms with Gasteiger partial charge in [0.05, 0.1) is 11.8 Å². The van der Waals surface area contributed by atoms with Crippen LogP contribution in [-0.4, -0.2) is 47.4 Å². The van der Waals surface area contributed by atoms with E-state index < -0.39 is 5.97 Å². The van der Waals surface area contributed by atoms with Crippen molar-refractivity contribution in [2.24, 2.45) is 5.16 Å². The Labute approximate surface area is 82.3 Å². The standard InChI is InChI=1S/C9H14N2O3/c12-9(13)6-14-10-7-3-5-11-4-1-2-8(7)11/h8H,1-6H2,(H,12,13). The second-order valence-corrected chi connectivity index (χ2v) is 3.69. The zero-order valence-electron chi connectivity index (χ0n) is 7.98. The minimum absolute atomic E-state index is 0.337. The first-order valence-electron chi connectivity index (χ1n) is 4.92. The molecule has 2 saturated heterocycles. The van der Waals surface area contributed by atoms with Crippen molar-refractivity contribution in [2.75, 3.05) is 19.7 Å². The van der Waals surface area contributed by atoms with Crippen molar-refractivity contribution in [3.63, 3.8) is 0 Å². The number of fused-ring (bicyclic) bond motifs is 1. The second-order valence-electron chi connectivity index (χ2n) is 3.69. The van der Waals surface area contributed by atoms with Gasteiger partial charge in [-0.2, -0.15) is 0 Å². The summed E-state index contributed by atoms with van der Waals surface area (Å²) in [6, 6.07) is 0.420. The number of aliphatic carboxylic acids is 1. The fraction of sp³-hybridized carbons (Fsp3) is 0.778. The number of rotatable bonds is 3. The molecule has 0 spiro atoms. The summed E-state index contributed by atoms with van der Waals surface area (Å²) in [7, 11) is 0. The predicted octanol–water partition coefficient (Wildman–Crippen LogP) is 0.312. The van der Waals surface area contributed by atoms with Crippen molar-refractivity contribution >= 4 is 11.7 Å². The molecular formula is C9H14N2O3. The zero-order chi connectivity index (χ0) is 9.97. The highest BCUT2D eigenvalue weighted by Crippen LogP contribution is 2.25. The number of hydrogen-bond acceptors (Lipinski definition) is 4. The van der Waals surface area contributed by atoms with Gasteiger partial charge in [0, 0.05) is 13.0 Å². The van der Waals surface area contributed by atoms with Crippen LogP contribution in [0.25, 0.3) is 0 Å². The summed E-state index contributed by atoms with van der Waals surface area (Å²) in [4.78, 5) is 17.3. The lowest BCUT2D eigenvalue weighted by molar-refractivity contribution is -0.142. The number of hydrogen-bond donors (Lipinski definition) is 1. The molecule has 2 rings (SSSR count).